The van der Waals surface area contributed by atoms with Gasteiger partial charge in [0.25, 0.3) is 0 Å². The molecule has 1 fully saturated rings. The van der Waals surface area contributed by atoms with Gasteiger partial charge in [0.2, 0.25) is 0 Å². The Kier molecular flexibility index (Phi) is 4.41. The van der Waals surface area contributed by atoms with Crippen molar-refractivity contribution in [2.75, 3.05) is 6.54 Å². The van der Waals surface area contributed by atoms with E-state index in [2.05, 4.69) is 12.2 Å². The summed E-state index contributed by atoms with van der Waals surface area (Å²) in [5.41, 5.74) is 0.728. The molecule has 0 bridgehead atoms. The zero-order chi connectivity index (χ0) is 12.3. The van der Waals surface area contributed by atoms with E-state index in [9.17, 15) is 4.39 Å². The third-order valence-corrected chi connectivity index (χ3v) is 3.90. The summed E-state index contributed by atoms with van der Waals surface area (Å²) < 4.78 is 14.1. The van der Waals surface area contributed by atoms with E-state index in [1.54, 1.807) is 6.07 Å². The predicted octanol–water partition coefficient (Wildman–Crippen LogP) is 4.32. The highest BCUT2D eigenvalue weighted by Gasteiger charge is 2.28. The van der Waals surface area contributed by atoms with Crippen LogP contribution in [-0.4, -0.2) is 6.54 Å². The molecule has 2 rings (SSSR count). The molecule has 3 heteroatoms. The number of nitrogens with one attached hydrogen (secondary N) is 1. The topological polar surface area (TPSA) is 12.0 Å². The Hall–Kier alpha value is -0.600. The van der Waals surface area contributed by atoms with Crippen LogP contribution >= 0.6 is 11.6 Å². The molecule has 1 nitrogen and oxygen atoms in total. The fraction of sp³-hybridized carbons (Fsp3) is 0.571. The molecular weight excluding hydrogens is 237 g/mol. The lowest BCUT2D eigenvalue weighted by atomic mass is 9.91. The van der Waals surface area contributed by atoms with E-state index in [1.165, 1.54) is 25.7 Å². The molecule has 0 aromatic heterocycles. The van der Waals surface area contributed by atoms with Crippen LogP contribution in [0.1, 0.15) is 44.2 Å². The minimum Gasteiger partial charge on any atom is -0.310 e. The van der Waals surface area contributed by atoms with Gasteiger partial charge in [0.15, 0.2) is 0 Å². The lowest BCUT2D eigenvalue weighted by molar-refractivity contribution is 0.363. The third-order valence-electron chi connectivity index (χ3n) is 3.61. The van der Waals surface area contributed by atoms with Crippen LogP contribution in [0.25, 0.3) is 0 Å². The zero-order valence-corrected chi connectivity index (χ0v) is 10.9. The van der Waals surface area contributed by atoms with Crippen molar-refractivity contribution in [3.63, 3.8) is 0 Å². The summed E-state index contributed by atoms with van der Waals surface area (Å²) in [6, 6.07) is 5.41. The molecule has 17 heavy (non-hydrogen) atoms. The van der Waals surface area contributed by atoms with E-state index >= 15 is 0 Å². The van der Waals surface area contributed by atoms with Gasteiger partial charge in [-0.05, 0) is 31.4 Å². The van der Waals surface area contributed by atoms with Gasteiger partial charge in [0, 0.05) is 11.6 Å². The Morgan fingerprint density at radius 3 is 2.76 bits per heavy atom. The minimum absolute atomic E-state index is 0.112. The van der Waals surface area contributed by atoms with Crippen LogP contribution in [0, 0.1) is 11.7 Å². The molecule has 94 valence electrons. The van der Waals surface area contributed by atoms with Gasteiger partial charge in [-0.15, -0.1) is 0 Å². The van der Waals surface area contributed by atoms with Crippen LogP contribution < -0.4 is 5.32 Å². The maximum absolute atomic E-state index is 14.1. The first kappa shape index (κ1) is 12.8. The summed E-state index contributed by atoms with van der Waals surface area (Å²) in [4.78, 5) is 0. The average molecular weight is 256 g/mol. The summed E-state index contributed by atoms with van der Waals surface area (Å²) >= 11 is 5.86. The Bertz CT molecular complexity index is 374. The van der Waals surface area contributed by atoms with E-state index in [0.29, 0.717) is 5.92 Å². The summed E-state index contributed by atoms with van der Waals surface area (Å²) in [5, 5.41) is 3.64. The van der Waals surface area contributed by atoms with Crippen molar-refractivity contribution < 1.29 is 4.39 Å². The number of hydrogen-bond donors (Lipinski definition) is 1. The first-order valence-electron chi connectivity index (χ1n) is 6.41. The van der Waals surface area contributed by atoms with Crippen molar-refractivity contribution in [2.24, 2.45) is 5.92 Å². The molecule has 0 aliphatic heterocycles. The largest absolute Gasteiger partial charge is 0.310 e. The number of hydrogen-bond acceptors (Lipinski definition) is 1. The van der Waals surface area contributed by atoms with E-state index in [0.717, 1.165) is 12.1 Å². The van der Waals surface area contributed by atoms with Crippen molar-refractivity contribution in [3.8, 4) is 0 Å². The molecule has 1 aliphatic carbocycles. The molecule has 0 amide bonds. The summed E-state index contributed by atoms with van der Waals surface area (Å²) in [5.74, 6) is 0.287. The average Bonchev–Trinajstić information content (AvgIpc) is 2.84. The second-order valence-corrected chi connectivity index (χ2v) is 5.13. The molecule has 1 aromatic carbocycles. The Morgan fingerprint density at radius 1 is 1.41 bits per heavy atom. The highest BCUT2D eigenvalue weighted by atomic mass is 35.5. The Morgan fingerprint density at radius 2 is 2.12 bits per heavy atom. The van der Waals surface area contributed by atoms with Crippen LogP contribution in [0.15, 0.2) is 18.2 Å². The monoisotopic (exact) mass is 255 g/mol. The number of rotatable bonds is 4. The van der Waals surface area contributed by atoms with Gasteiger partial charge < -0.3 is 5.32 Å². The lowest BCUT2D eigenvalue weighted by Gasteiger charge is -2.25. The minimum atomic E-state index is -0.257. The van der Waals surface area contributed by atoms with Crippen molar-refractivity contribution >= 4 is 11.6 Å². The number of benzene rings is 1. The van der Waals surface area contributed by atoms with Crippen LogP contribution in [0.4, 0.5) is 4.39 Å². The first-order chi connectivity index (χ1) is 8.24. The molecular formula is C14H19ClFN. The molecule has 1 atom stereocenters. The van der Waals surface area contributed by atoms with Crippen LogP contribution in [0.3, 0.4) is 0 Å². The highest BCUT2D eigenvalue weighted by molar-refractivity contribution is 6.30. The zero-order valence-electron chi connectivity index (χ0n) is 10.2. The smallest absolute Gasteiger partial charge is 0.146 e. The molecule has 1 unspecified atom stereocenters. The van der Waals surface area contributed by atoms with E-state index in [-0.39, 0.29) is 16.9 Å². The molecule has 0 spiro atoms. The Balaban J connectivity index is 2.27. The summed E-state index contributed by atoms with van der Waals surface area (Å²) in [6.07, 6.45) is 4.89. The second kappa shape index (κ2) is 5.83. The highest BCUT2D eigenvalue weighted by Crippen LogP contribution is 2.37. The van der Waals surface area contributed by atoms with Gasteiger partial charge in [-0.1, -0.05) is 43.5 Å². The van der Waals surface area contributed by atoms with Crippen LogP contribution in [-0.2, 0) is 0 Å². The van der Waals surface area contributed by atoms with Crippen molar-refractivity contribution in [2.45, 2.75) is 38.6 Å². The summed E-state index contributed by atoms with van der Waals surface area (Å²) in [7, 11) is 0. The fourth-order valence-corrected chi connectivity index (χ4v) is 2.98. The van der Waals surface area contributed by atoms with E-state index in [1.807, 2.05) is 12.1 Å². The summed E-state index contributed by atoms with van der Waals surface area (Å²) in [6.45, 7) is 2.91. The van der Waals surface area contributed by atoms with Crippen LogP contribution in [0.2, 0.25) is 5.02 Å². The van der Waals surface area contributed by atoms with Gasteiger partial charge in [-0.2, -0.15) is 0 Å². The Labute approximate surface area is 107 Å². The molecule has 1 aromatic rings. The fourth-order valence-electron chi connectivity index (χ4n) is 2.80. The molecule has 0 radical (unpaired) electrons. The van der Waals surface area contributed by atoms with Gasteiger partial charge in [-0.3, -0.25) is 0 Å². The molecule has 0 saturated heterocycles. The molecule has 1 saturated carbocycles. The van der Waals surface area contributed by atoms with Crippen LogP contribution in [0.5, 0.6) is 0 Å². The van der Waals surface area contributed by atoms with Crippen molar-refractivity contribution in [1.29, 1.82) is 0 Å². The second-order valence-electron chi connectivity index (χ2n) is 4.72. The van der Waals surface area contributed by atoms with Crippen molar-refractivity contribution in [3.05, 3.63) is 34.6 Å². The molecule has 0 heterocycles. The normalized spacial score (nSPS) is 18.5. The maximum Gasteiger partial charge on any atom is 0.146 e. The van der Waals surface area contributed by atoms with E-state index < -0.39 is 0 Å². The molecule has 1 aliphatic rings. The first-order valence-corrected chi connectivity index (χ1v) is 6.79. The van der Waals surface area contributed by atoms with Crippen molar-refractivity contribution in [1.82, 2.24) is 5.32 Å². The third kappa shape index (κ3) is 2.80. The van der Waals surface area contributed by atoms with Gasteiger partial charge in [0.05, 0.1) is 5.02 Å². The molecule has 1 N–H and O–H groups in total. The predicted molar refractivity (Wildman–Crippen MR) is 69.8 cm³/mol. The maximum atomic E-state index is 14.1. The SMILES string of the molecule is CCNC(c1cccc(Cl)c1F)C1CCCC1. The van der Waals surface area contributed by atoms with E-state index in [4.69, 9.17) is 11.6 Å². The quantitative estimate of drug-likeness (QED) is 0.845. The lowest BCUT2D eigenvalue weighted by Crippen LogP contribution is -2.27. The van der Waals surface area contributed by atoms with Gasteiger partial charge >= 0.3 is 0 Å². The number of halogens is 2. The van der Waals surface area contributed by atoms with Gasteiger partial charge in [-0.25, -0.2) is 4.39 Å². The van der Waals surface area contributed by atoms with Gasteiger partial charge in [0.1, 0.15) is 5.82 Å². The standard InChI is InChI=1S/C14H19ClFN/c1-2-17-14(10-6-3-4-7-10)11-8-5-9-12(15)13(11)16/h5,8-10,14,17H,2-4,6-7H2,1H3.